The first-order chi connectivity index (χ1) is 11.8. The minimum atomic E-state index is -0.103. The third-order valence-electron chi connectivity index (χ3n) is 3.60. The molecule has 0 saturated carbocycles. The van der Waals surface area contributed by atoms with E-state index in [4.69, 9.17) is 25.8 Å². The van der Waals surface area contributed by atoms with Crippen molar-refractivity contribution in [2.24, 2.45) is 0 Å². The van der Waals surface area contributed by atoms with E-state index in [1.165, 1.54) is 51.4 Å². The van der Waals surface area contributed by atoms with Gasteiger partial charge in [-0.05, 0) is 18.6 Å². The molecule has 0 fully saturated rings. The van der Waals surface area contributed by atoms with E-state index < -0.39 is 0 Å². The Morgan fingerprint density at radius 2 is 1.12 bits per heavy atom. The van der Waals surface area contributed by atoms with Gasteiger partial charge in [-0.2, -0.15) is 12.6 Å². The molecule has 0 heterocycles. The molecule has 0 bridgehead atoms. The summed E-state index contributed by atoms with van der Waals surface area (Å²) in [4.78, 5) is 10.9. The zero-order chi connectivity index (χ0) is 17.7. The Kier molecular flexibility index (Phi) is 21.4. The van der Waals surface area contributed by atoms with Gasteiger partial charge in [0.05, 0.1) is 32.3 Å². The molecule has 0 aliphatic carbocycles. The quantitative estimate of drug-likeness (QED) is 0.194. The van der Waals surface area contributed by atoms with Crippen LogP contribution in [0.15, 0.2) is 0 Å². The second-order valence-corrected chi connectivity index (χ2v) is 6.57. The molecule has 0 saturated heterocycles. The van der Waals surface area contributed by atoms with Crippen LogP contribution in [-0.4, -0.2) is 57.1 Å². The number of ketones is 1. The zero-order valence-electron chi connectivity index (χ0n) is 15.0. The molecule has 6 heteroatoms. The van der Waals surface area contributed by atoms with Gasteiger partial charge < -0.3 is 14.2 Å². The molecule has 0 amide bonds. The van der Waals surface area contributed by atoms with Gasteiger partial charge in [-0.25, -0.2) is 0 Å². The van der Waals surface area contributed by atoms with Gasteiger partial charge in [0.25, 0.3) is 0 Å². The van der Waals surface area contributed by atoms with Gasteiger partial charge >= 0.3 is 0 Å². The van der Waals surface area contributed by atoms with Crippen molar-refractivity contribution in [2.45, 2.75) is 57.8 Å². The Morgan fingerprint density at radius 1 is 0.667 bits per heavy atom. The largest absolute Gasteiger partial charge is 0.379 e. The number of Topliss-reactive ketones (excluding diaryl/α,β-unsaturated/α-hetero) is 1. The van der Waals surface area contributed by atoms with Crippen LogP contribution >= 0.6 is 24.2 Å². The molecule has 0 aliphatic rings. The number of hydrogen-bond donors (Lipinski definition) is 1. The van der Waals surface area contributed by atoms with Gasteiger partial charge in [0.1, 0.15) is 6.61 Å². The van der Waals surface area contributed by atoms with E-state index in [1.807, 2.05) is 0 Å². The molecule has 4 nitrogen and oxygen atoms in total. The van der Waals surface area contributed by atoms with Crippen molar-refractivity contribution in [3.8, 4) is 0 Å². The van der Waals surface area contributed by atoms with Crippen LogP contribution in [0.1, 0.15) is 57.8 Å². The van der Waals surface area contributed by atoms with Gasteiger partial charge in [-0.1, -0.05) is 44.9 Å². The number of carbonyl (C=O) groups is 1. The first-order valence-corrected chi connectivity index (χ1v) is 10.4. The van der Waals surface area contributed by atoms with E-state index in [-0.39, 0.29) is 18.3 Å². The van der Waals surface area contributed by atoms with Crippen LogP contribution in [0.3, 0.4) is 0 Å². The van der Waals surface area contributed by atoms with Crippen LogP contribution in [0.25, 0.3) is 0 Å². The summed E-state index contributed by atoms with van der Waals surface area (Å²) in [6.45, 7) is 2.96. The highest BCUT2D eigenvalue weighted by Crippen LogP contribution is 2.09. The maximum Gasteiger partial charge on any atom is 0.173 e. The highest BCUT2D eigenvalue weighted by Gasteiger charge is 1.98. The molecule has 0 unspecified atom stereocenters. The van der Waals surface area contributed by atoms with Gasteiger partial charge in [0.2, 0.25) is 0 Å². The molecule has 0 spiro atoms. The number of halogens is 1. The zero-order valence-corrected chi connectivity index (χ0v) is 16.6. The SMILES string of the molecule is O=C(CCl)COCCOCCOCCCCCCCCCCCS. The van der Waals surface area contributed by atoms with Gasteiger partial charge in [-0.3, -0.25) is 4.79 Å². The van der Waals surface area contributed by atoms with Crippen LogP contribution < -0.4 is 0 Å². The second kappa shape index (κ2) is 21.2. The lowest BCUT2D eigenvalue weighted by atomic mass is 10.1. The van der Waals surface area contributed by atoms with E-state index in [0.29, 0.717) is 26.4 Å². The molecule has 0 rings (SSSR count). The highest BCUT2D eigenvalue weighted by atomic mass is 35.5. The third kappa shape index (κ3) is 20.2. The monoisotopic (exact) mass is 382 g/mol. The number of alkyl halides is 1. The minimum absolute atomic E-state index is 0.00507. The fourth-order valence-corrected chi connectivity index (χ4v) is 2.52. The molecule has 0 aromatic carbocycles. The predicted octanol–water partition coefficient (Wildman–Crippen LogP) is 4.28. The number of ether oxygens (including phenoxy) is 3. The fourth-order valence-electron chi connectivity index (χ4n) is 2.22. The van der Waals surface area contributed by atoms with Gasteiger partial charge in [-0.15, -0.1) is 11.6 Å². The average molecular weight is 383 g/mol. The first kappa shape index (κ1) is 24.2. The highest BCUT2D eigenvalue weighted by molar-refractivity contribution is 7.80. The number of unbranched alkanes of at least 4 members (excludes halogenated alkanes) is 8. The molecule has 0 aromatic rings. The number of thiol groups is 1. The van der Waals surface area contributed by atoms with Crippen molar-refractivity contribution in [1.82, 2.24) is 0 Å². The van der Waals surface area contributed by atoms with Crippen molar-refractivity contribution < 1.29 is 19.0 Å². The second-order valence-electron chi connectivity index (χ2n) is 5.86. The normalized spacial score (nSPS) is 11.1. The third-order valence-corrected chi connectivity index (χ3v) is 4.22. The smallest absolute Gasteiger partial charge is 0.173 e. The van der Waals surface area contributed by atoms with E-state index in [2.05, 4.69) is 12.6 Å². The summed E-state index contributed by atoms with van der Waals surface area (Å²) in [7, 11) is 0. The Morgan fingerprint density at radius 3 is 1.67 bits per heavy atom. The Labute approximate surface area is 158 Å². The average Bonchev–Trinajstić information content (AvgIpc) is 2.60. The summed E-state index contributed by atoms with van der Waals surface area (Å²) >= 11 is 9.58. The molecule has 24 heavy (non-hydrogen) atoms. The molecule has 144 valence electrons. The Balaban J connectivity index is 2.99. The maximum absolute atomic E-state index is 10.9. The minimum Gasteiger partial charge on any atom is -0.379 e. The molecule has 0 aromatic heterocycles. The fraction of sp³-hybridized carbons (Fsp3) is 0.944. The molecule has 0 atom stereocenters. The Hall–Kier alpha value is 0.190. The lowest BCUT2D eigenvalue weighted by Crippen LogP contribution is -2.14. The van der Waals surface area contributed by atoms with Crippen LogP contribution in [0, 0.1) is 0 Å². The summed E-state index contributed by atoms with van der Waals surface area (Å²) in [6, 6.07) is 0. The van der Waals surface area contributed by atoms with E-state index in [9.17, 15) is 4.79 Å². The lowest BCUT2D eigenvalue weighted by Gasteiger charge is -2.06. The van der Waals surface area contributed by atoms with Gasteiger partial charge in [0, 0.05) is 6.61 Å². The number of rotatable bonds is 20. The standard InChI is InChI=1S/C18H35ClO4S/c19-16-18(20)17-23-14-13-22-12-11-21-10-8-6-4-2-1-3-5-7-9-15-24/h24H,1-17H2. The van der Waals surface area contributed by atoms with Crippen LogP contribution in [0.5, 0.6) is 0 Å². The van der Waals surface area contributed by atoms with Crippen LogP contribution in [0.2, 0.25) is 0 Å². The molecular formula is C18H35ClO4S. The van der Waals surface area contributed by atoms with Gasteiger partial charge in [0.15, 0.2) is 5.78 Å². The van der Waals surface area contributed by atoms with E-state index >= 15 is 0 Å². The summed E-state index contributed by atoms with van der Waals surface area (Å²) < 4.78 is 16.0. The molecule has 0 radical (unpaired) electrons. The first-order valence-electron chi connectivity index (χ1n) is 9.23. The topological polar surface area (TPSA) is 44.8 Å². The summed E-state index contributed by atoms with van der Waals surface area (Å²) in [5.41, 5.74) is 0. The van der Waals surface area contributed by atoms with Crippen molar-refractivity contribution in [3.63, 3.8) is 0 Å². The predicted molar refractivity (Wildman–Crippen MR) is 104 cm³/mol. The summed E-state index contributed by atoms with van der Waals surface area (Å²) in [5, 5.41) is 0. The number of carbonyl (C=O) groups excluding carboxylic acids is 1. The molecular weight excluding hydrogens is 348 g/mol. The number of hydrogen-bond acceptors (Lipinski definition) is 5. The summed E-state index contributed by atoms with van der Waals surface area (Å²) in [5.74, 6) is 0.924. The van der Waals surface area contributed by atoms with Crippen molar-refractivity contribution in [2.75, 3.05) is 51.3 Å². The Bertz CT molecular complexity index is 267. The molecule has 0 aliphatic heterocycles. The maximum atomic E-state index is 10.9. The summed E-state index contributed by atoms with van der Waals surface area (Å²) in [6.07, 6.45) is 11.7. The molecule has 0 N–H and O–H groups in total. The van der Waals surface area contributed by atoms with Crippen molar-refractivity contribution in [1.29, 1.82) is 0 Å². The van der Waals surface area contributed by atoms with Crippen LogP contribution in [-0.2, 0) is 19.0 Å². The van der Waals surface area contributed by atoms with E-state index in [1.54, 1.807) is 0 Å². The van der Waals surface area contributed by atoms with Crippen LogP contribution in [0.4, 0.5) is 0 Å². The van der Waals surface area contributed by atoms with Crippen molar-refractivity contribution in [3.05, 3.63) is 0 Å². The van der Waals surface area contributed by atoms with Crippen molar-refractivity contribution >= 4 is 30.0 Å². The lowest BCUT2D eigenvalue weighted by molar-refractivity contribution is -0.121. The van der Waals surface area contributed by atoms with E-state index in [0.717, 1.165) is 18.8 Å².